The first kappa shape index (κ1) is 10.8. The van der Waals surface area contributed by atoms with E-state index in [9.17, 15) is 13.2 Å². The van der Waals surface area contributed by atoms with E-state index in [2.05, 4.69) is 0 Å². The van der Waals surface area contributed by atoms with Gasteiger partial charge in [0.15, 0.2) is 0 Å². The second kappa shape index (κ2) is 4.30. The van der Waals surface area contributed by atoms with Gasteiger partial charge in [-0.25, -0.2) is 4.72 Å². The maximum Gasteiger partial charge on any atom is 0.303 e. The van der Waals surface area contributed by atoms with Gasteiger partial charge in [0.2, 0.25) is 5.91 Å². The highest BCUT2D eigenvalue weighted by Gasteiger charge is 2.24. The third-order valence-electron chi connectivity index (χ3n) is 1.58. The molecule has 1 N–H and O–H groups in total. The van der Waals surface area contributed by atoms with Gasteiger partial charge in [0.25, 0.3) is 0 Å². The summed E-state index contributed by atoms with van der Waals surface area (Å²) < 4.78 is 26.0. The van der Waals surface area contributed by atoms with E-state index >= 15 is 0 Å². The van der Waals surface area contributed by atoms with Crippen molar-refractivity contribution in [1.82, 2.24) is 9.03 Å². The summed E-state index contributed by atoms with van der Waals surface area (Å²) in [4.78, 5) is 10.6. The van der Waals surface area contributed by atoms with Crippen molar-refractivity contribution >= 4 is 27.9 Å². The third kappa shape index (κ3) is 3.17. The lowest BCUT2D eigenvalue weighted by molar-refractivity contribution is -0.117. The molecule has 0 spiro atoms. The van der Waals surface area contributed by atoms with Crippen LogP contribution in [0.3, 0.4) is 0 Å². The molecule has 1 aliphatic rings. The largest absolute Gasteiger partial charge is 0.303 e. The van der Waals surface area contributed by atoms with Crippen molar-refractivity contribution in [2.24, 2.45) is 0 Å². The van der Waals surface area contributed by atoms with E-state index in [0.717, 1.165) is 11.5 Å². The normalized spacial score (nSPS) is 19.8. The Balaban J connectivity index is 2.62. The molecule has 0 atom stereocenters. The zero-order valence-electron chi connectivity index (χ0n) is 7.32. The molecule has 0 unspecified atom stereocenters. The van der Waals surface area contributed by atoms with Gasteiger partial charge < -0.3 is 0 Å². The quantitative estimate of drug-likeness (QED) is 0.681. The zero-order chi connectivity index (χ0) is 9.90. The highest BCUT2D eigenvalue weighted by molar-refractivity contribution is 7.99. The van der Waals surface area contributed by atoms with Gasteiger partial charge in [0, 0.05) is 31.5 Å². The van der Waals surface area contributed by atoms with E-state index in [0.29, 0.717) is 13.1 Å². The molecule has 0 aromatic heterocycles. The Labute approximate surface area is 82.0 Å². The molecule has 13 heavy (non-hydrogen) atoms. The van der Waals surface area contributed by atoms with Gasteiger partial charge in [0.1, 0.15) is 0 Å². The SMILES string of the molecule is CC(=O)NS(=O)(=O)N1CCSCC1. The highest BCUT2D eigenvalue weighted by atomic mass is 32.2. The molecule has 0 bridgehead atoms. The fourth-order valence-corrected chi connectivity index (χ4v) is 3.32. The van der Waals surface area contributed by atoms with E-state index in [1.807, 2.05) is 4.72 Å². The molecule has 5 nitrogen and oxygen atoms in total. The highest BCUT2D eigenvalue weighted by Crippen LogP contribution is 2.11. The van der Waals surface area contributed by atoms with Crippen LogP contribution in [0.1, 0.15) is 6.92 Å². The number of nitrogens with zero attached hydrogens (tertiary/aromatic N) is 1. The number of hydrogen-bond acceptors (Lipinski definition) is 4. The molecule has 1 heterocycles. The molecule has 7 heteroatoms. The van der Waals surface area contributed by atoms with Crippen LogP contribution >= 0.6 is 11.8 Å². The van der Waals surface area contributed by atoms with Crippen LogP contribution < -0.4 is 4.72 Å². The Morgan fingerprint density at radius 2 is 1.92 bits per heavy atom. The van der Waals surface area contributed by atoms with Gasteiger partial charge in [0.05, 0.1) is 0 Å². The van der Waals surface area contributed by atoms with Crippen LogP contribution in [0.5, 0.6) is 0 Å². The maximum atomic E-state index is 11.4. The Morgan fingerprint density at radius 3 is 2.38 bits per heavy atom. The van der Waals surface area contributed by atoms with Crippen LogP contribution in [0.4, 0.5) is 0 Å². The molecule has 0 aromatic carbocycles. The van der Waals surface area contributed by atoms with Crippen molar-refractivity contribution in [2.75, 3.05) is 24.6 Å². The third-order valence-corrected chi connectivity index (χ3v) is 4.12. The van der Waals surface area contributed by atoms with Gasteiger partial charge in [-0.1, -0.05) is 0 Å². The first-order valence-electron chi connectivity index (χ1n) is 3.88. The summed E-state index contributed by atoms with van der Waals surface area (Å²) >= 11 is 1.71. The monoisotopic (exact) mass is 224 g/mol. The lowest BCUT2D eigenvalue weighted by Crippen LogP contribution is -2.46. The second-order valence-corrected chi connectivity index (χ2v) is 5.57. The fourth-order valence-electron chi connectivity index (χ4n) is 1.03. The smallest absolute Gasteiger partial charge is 0.274 e. The number of amides is 1. The zero-order valence-corrected chi connectivity index (χ0v) is 8.95. The van der Waals surface area contributed by atoms with Crippen molar-refractivity contribution < 1.29 is 13.2 Å². The molecule has 0 aliphatic carbocycles. The van der Waals surface area contributed by atoms with Crippen LogP contribution in [0.15, 0.2) is 0 Å². The first-order chi connectivity index (χ1) is 6.02. The topological polar surface area (TPSA) is 66.5 Å². The van der Waals surface area contributed by atoms with E-state index in [1.165, 1.54) is 11.2 Å². The number of thioether (sulfide) groups is 1. The van der Waals surface area contributed by atoms with Gasteiger partial charge >= 0.3 is 10.2 Å². The Hall–Kier alpha value is -0.270. The Bertz CT molecular complexity index is 282. The summed E-state index contributed by atoms with van der Waals surface area (Å²) in [7, 11) is -3.56. The van der Waals surface area contributed by atoms with Gasteiger partial charge in [-0.15, -0.1) is 0 Å². The van der Waals surface area contributed by atoms with Crippen molar-refractivity contribution in [3.63, 3.8) is 0 Å². The van der Waals surface area contributed by atoms with Gasteiger partial charge in [-0.3, -0.25) is 4.79 Å². The predicted octanol–water partition coefficient (Wildman–Crippen LogP) is -0.584. The molecule has 1 aliphatic heterocycles. The fraction of sp³-hybridized carbons (Fsp3) is 0.833. The van der Waals surface area contributed by atoms with Crippen LogP contribution in [0.25, 0.3) is 0 Å². The molecular weight excluding hydrogens is 212 g/mol. The van der Waals surface area contributed by atoms with Crippen LogP contribution in [-0.2, 0) is 15.0 Å². The minimum Gasteiger partial charge on any atom is -0.274 e. The average Bonchev–Trinajstić information content (AvgIpc) is 2.04. The number of carbonyl (C=O) groups excluding carboxylic acids is 1. The summed E-state index contributed by atoms with van der Waals surface area (Å²) in [5, 5.41) is 0. The number of nitrogens with one attached hydrogen (secondary N) is 1. The van der Waals surface area contributed by atoms with E-state index in [-0.39, 0.29) is 0 Å². The minimum absolute atomic E-state index is 0.479. The average molecular weight is 224 g/mol. The summed E-state index contributed by atoms with van der Waals surface area (Å²) in [6.45, 7) is 2.15. The van der Waals surface area contributed by atoms with E-state index in [4.69, 9.17) is 0 Å². The predicted molar refractivity (Wildman–Crippen MR) is 51.6 cm³/mol. The molecule has 1 fully saturated rings. The van der Waals surface area contributed by atoms with Crippen LogP contribution in [0, 0.1) is 0 Å². The second-order valence-electron chi connectivity index (χ2n) is 2.67. The Kier molecular flexibility index (Phi) is 3.57. The molecule has 0 saturated carbocycles. The summed E-state index contributed by atoms with van der Waals surface area (Å²) in [5.41, 5.74) is 0. The summed E-state index contributed by atoms with van der Waals surface area (Å²) in [6.07, 6.45) is 0. The molecular formula is C6H12N2O3S2. The molecule has 1 rings (SSSR count). The van der Waals surface area contributed by atoms with E-state index in [1.54, 1.807) is 11.8 Å². The van der Waals surface area contributed by atoms with Gasteiger partial charge in [-0.05, 0) is 0 Å². The van der Waals surface area contributed by atoms with Crippen molar-refractivity contribution in [2.45, 2.75) is 6.92 Å². The minimum atomic E-state index is -3.56. The van der Waals surface area contributed by atoms with Crippen LogP contribution in [-0.4, -0.2) is 43.2 Å². The Morgan fingerprint density at radius 1 is 1.38 bits per heavy atom. The number of carbonyl (C=O) groups is 1. The van der Waals surface area contributed by atoms with Crippen LogP contribution in [0.2, 0.25) is 0 Å². The van der Waals surface area contributed by atoms with Crippen molar-refractivity contribution in [3.8, 4) is 0 Å². The molecule has 1 amide bonds. The van der Waals surface area contributed by atoms with Crippen molar-refractivity contribution in [1.29, 1.82) is 0 Å². The maximum absolute atomic E-state index is 11.4. The first-order valence-corrected chi connectivity index (χ1v) is 6.48. The van der Waals surface area contributed by atoms with Crippen molar-refractivity contribution in [3.05, 3.63) is 0 Å². The summed E-state index contributed by atoms with van der Waals surface area (Å²) in [5.74, 6) is 1.04. The lowest BCUT2D eigenvalue weighted by Gasteiger charge is -2.25. The molecule has 1 saturated heterocycles. The van der Waals surface area contributed by atoms with E-state index < -0.39 is 16.1 Å². The summed E-state index contributed by atoms with van der Waals surface area (Å²) in [6, 6.07) is 0. The number of hydrogen-bond donors (Lipinski definition) is 1. The standard InChI is InChI=1S/C6H12N2O3S2/c1-6(9)7-13(10,11)8-2-4-12-5-3-8/h2-5H2,1H3,(H,7,9). The lowest BCUT2D eigenvalue weighted by atomic mass is 10.6. The molecule has 0 aromatic rings. The molecule has 0 radical (unpaired) electrons. The molecule has 76 valence electrons. The number of rotatable bonds is 2. The van der Waals surface area contributed by atoms with Gasteiger partial charge in [-0.2, -0.15) is 24.5 Å².